The fourth-order valence-corrected chi connectivity index (χ4v) is 3.35. The third-order valence-electron chi connectivity index (χ3n) is 4.90. The molecule has 7 heteroatoms. The van der Waals surface area contributed by atoms with Gasteiger partial charge in [0.2, 0.25) is 0 Å². The highest BCUT2D eigenvalue weighted by Crippen LogP contribution is 2.21. The quantitative estimate of drug-likeness (QED) is 0.752. The number of carbonyl (C=O) groups excluding carboxylic acids is 1. The van der Waals surface area contributed by atoms with Gasteiger partial charge in [-0.05, 0) is 18.1 Å². The van der Waals surface area contributed by atoms with Crippen molar-refractivity contribution in [1.82, 2.24) is 24.5 Å². The number of aliphatic hydroxyl groups is 1. The summed E-state index contributed by atoms with van der Waals surface area (Å²) in [4.78, 5) is 14.7. The van der Waals surface area contributed by atoms with Gasteiger partial charge in [-0.1, -0.05) is 37.3 Å². The molecule has 0 saturated carbocycles. The van der Waals surface area contributed by atoms with Crippen molar-refractivity contribution < 1.29 is 9.90 Å². The molecule has 3 heterocycles. The third-order valence-corrected chi connectivity index (χ3v) is 4.90. The zero-order chi connectivity index (χ0) is 18.8. The van der Waals surface area contributed by atoms with Gasteiger partial charge in [-0.3, -0.25) is 14.2 Å². The first kappa shape index (κ1) is 17.5. The largest absolute Gasteiger partial charge is 0.387 e. The topological polar surface area (TPSA) is 76.2 Å². The maximum Gasteiger partial charge on any atom is 0.257 e. The van der Waals surface area contributed by atoms with Crippen LogP contribution in [0.3, 0.4) is 0 Å². The smallest absolute Gasteiger partial charge is 0.257 e. The van der Waals surface area contributed by atoms with Crippen molar-refractivity contribution in [2.24, 2.45) is 0 Å². The number of aliphatic hydroxyl groups excluding tert-OH is 1. The molecule has 1 amide bonds. The maximum absolute atomic E-state index is 12.9. The fourth-order valence-electron chi connectivity index (χ4n) is 3.35. The molecule has 3 aromatic rings. The van der Waals surface area contributed by atoms with Gasteiger partial charge in [0.05, 0.1) is 48.9 Å². The minimum Gasteiger partial charge on any atom is -0.387 e. The second-order valence-corrected chi connectivity index (χ2v) is 6.85. The van der Waals surface area contributed by atoms with Crippen LogP contribution in [0.15, 0.2) is 48.8 Å². The number of aromatic nitrogens is 4. The van der Waals surface area contributed by atoms with Gasteiger partial charge >= 0.3 is 0 Å². The van der Waals surface area contributed by atoms with Gasteiger partial charge in [0.15, 0.2) is 0 Å². The summed E-state index contributed by atoms with van der Waals surface area (Å²) < 4.78 is 3.67. The van der Waals surface area contributed by atoms with Gasteiger partial charge < -0.3 is 10.0 Å². The molecule has 0 unspecified atom stereocenters. The van der Waals surface area contributed by atoms with Gasteiger partial charge in [-0.2, -0.15) is 10.2 Å². The molecule has 4 rings (SSSR count). The fraction of sp³-hybridized carbons (Fsp3) is 0.350. The predicted octanol–water partition coefficient (Wildman–Crippen LogP) is 2.23. The summed E-state index contributed by atoms with van der Waals surface area (Å²) in [5.41, 5.74) is 3.36. The number of carbonyl (C=O) groups is 1. The lowest BCUT2D eigenvalue weighted by Crippen LogP contribution is -2.38. The molecular weight excluding hydrogens is 342 g/mol. The number of amides is 1. The summed E-state index contributed by atoms with van der Waals surface area (Å²) in [6.45, 7) is 4.28. The average Bonchev–Trinajstić information content (AvgIpc) is 3.34. The SMILES string of the molecule is CC[C@@H](O)c1cc2n(n1)CCN(C(=O)c1cnn(Cc3ccccc3)c1)C2. The molecule has 140 valence electrons. The standard InChI is InChI=1S/C20H23N5O2/c1-2-19(26)18-10-17-14-23(8-9-25(17)22-18)20(27)16-11-21-24(13-16)12-15-6-4-3-5-7-15/h3-7,10-11,13,19,26H,2,8-9,12,14H2,1H3/t19-/m1/s1. The molecule has 1 N–H and O–H groups in total. The molecule has 1 aliphatic rings. The van der Waals surface area contributed by atoms with Crippen molar-refractivity contribution in [3.63, 3.8) is 0 Å². The summed E-state index contributed by atoms with van der Waals surface area (Å²) in [5, 5.41) is 18.8. The number of rotatable bonds is 5. The molecule has 27 heavy (non-hydrogen) atoms. The van der Waals surface area contributed by atoms with E-state index in [2.05, 4.69) is 10.2 Å². The minimum atomic E-state index is -0.552. The van der Waals surface area contributed by atoms with E-state index in [0.29, 0.717) is 43.9 Å². The molecular formula is C20H23N5O2. The third kappa shape index (κ3) is 3.64. The van der Waals surface area contributed by atoms with Crippen molar-refractivity contribution in [2.45, 2.75) is 39.1 Å². The van der Waals surface area contributed by atoms with E-state index in [9.17, 15) is 9.90 Å². The Bertz CT molecular complexity index is 931. The van der Waals surface area contributed by atoms with Crippen LogP contribution < -0.4 is 0 Å². The van der Waals surface area contributed by atoms with Crippen LogP contribution in [-0.4, -0.2) is 42.0 Å². The predicted molar refractivity (Wildman–Crippen MR) is 100.0 cm³/mol. The minimum absolute atomic E-state index is 0.0284. The maximum atomic E-state index is 12.9. The molecule has 0 saturated heterocycles. The Balaban J connectivity index is 1.45. The highest BCUT2D eigenvalue weighted by molar-refractivity contribution is 5.93. The lowest BCUT2D eigenvalue weighted by molar-refractivity contribution is 0.0705. The van der Waals surface area contributed by atoms with E-state index in [1.54, 1.807) is 17.1 Å². The van der Waals surface area contributed by atoms with Crippen LogP contribution in [0.2, 0.25) is 0 Å². The van der Waals surface area contributed by atoms with Crippen molar-refractivity contribution in [2.75, 3.05) is 6.54 Å². The first-order chi connectivity index (χ1) is 13.1. The molecule has 7 nitrogen and oxygen atoms in total. The van der Waals surface area contributed by atoms with Crippen molar-refractivity contribution >= 4 is 5.91 Å². The van der Waals surface area contributed by atoms with Gasteiger partial charge in [0, 0.05) is 12.7 Å². The number of nitrogens with zero attached hydrogens (tertiary/aromatic N) is 5. The zero-order valence-corrected chi connectivity index (χ0v) is 15.3. The van der Waals surface area contributed by atoms with E-state index in [1.807, 2.05) is 52.9 Å². The monoisotopic (exact) mass is 365 g/mol. The normalized spacial score (nSPS) is 14.8. The van der Waals surface area contributed by atoms with Crippen molar-refractivity contribution in [1.29, 1.82) is 0 Å². The molecule has 0 fully saturated rings. The second kappa shape index (κ2) is 7.36. The molecule has 1 atom stereocenters. The Morgan fingerprint density at radius 3 is 2.85 bits per heavy atom. The summed E-state index contributed by atoms with van der Waals surface area (Å²) in [6.07, 6.45) is 3.50. The molecule has 0 aliphatic carbocycles. The summed E-state index contributed by atoms with van der Waals surface area (Å²) in [7, 11) is 0. The van der Waals surface area contributed by atoms with E-state index < -0.39 is 6.10 Å². The average molecular weight is 365 g/mol. The molecule has 1 aromatic carbocycles. The lowest BCUT2D eigenvalue weighted by Gasteiger charge is -2.27. The first-order valence-electron chi connectivity index (χ1n) is 9.24. The number of fused-ring (bicyclic) bond motifs is 1. The summed E-state index contributed by atoms with van der Waals surface area (Å²) >= 11 is 0. The molecule has 0 bridgehead atoms. The number of hydrogen-bond acceptors (Lipinski definition) is 4. The van der Waals surface area contributed by atoms with Crippen LogP contribution in [-0.2, 0) is 19.6 Å². The van der Waals surface area contributed by atoms with Crippen LogP contribution in [0.4, 0.5) is 0 Å². The van der Waals surface area contributed by atoms with Crippen molar-refractivity contribution in [3.05, 3.63) is 71.3 Å². The van der Waals surface area contributed by atoms with Crippen LogP contribution >= 0.6 is 0 Å². The van der Waals surface area contributed by atoms with Gasteiger partial charge in [0.1, 0.15) is 0 Å². The molecule has 0 radical (unpaired) electrons. The van der Waals surface area contributed by atoms with Crippen molar-refractivity contribution in [3.8, 4) is 0 Å². The van der Waals surface area contributed by atoms with E-state index in [0.717, 1.165) is 11.3 Å². The Morgan fingerprint density at radius 1 is 1.26 bits per heavy atom. The Hall–Kier alpha value is -2.93. The molecule has 0 spiro atoms. The Morgan fingerprint density at radius 2 is 2.07 bits per heavy atom. The highest BCUT2D eigenvalue weighted by Gasteiger charge is 2.25. The second-order valence-electron chi connectivity index (χ2n) is 6.85. The Kier molecular flexibility index (Phi) is 4.77. The van der Waals surface area contributed by atoms with Crippen LogP contribution in [0.1, 0.15) is 46.8 Å². The van der Waals surface area contributed by atoms with E-state index in [4.69, 9.17) is 0 Å². The van der Waals surface area contributed by atoms with Gasteiger partial charge in [-0.15, -0.1) is 0 Å². The highest BCUT2D eigenvalue weighted by atomic mass is 16.3. The molecule has 1 aliphatic heterocycles. The molecule has 2 aromatic heterocycles. The first-order valence-corrected chi connectivity index (χ1v) is 9.24. The van der Waals surface area contributed by atoms with Gasteiger partial charge in [0.25, 0.3) is 5.91 Å². The van der Waals surface area contributed by atoms with E-state index >= 15 is 0 Å². The van der Waals surface area contributed by atoms with Crippen LogP contribution in [0.25, 0.3) is 0 Å². The number of hydrogen-bond donors (Lipinski definition) is 1. The van der Waals surface area contributed by atoms with Crippen LogP contribution in [0, 0.1) is 0 Å². The zero-order valence-electron chi connectivity index (χ0n) is 15.3. The Labute approximate surface area is 157 Å². The summed E-state index contributed by atoms with van der Waals surface area (Å²) in [6, 6.07) is 11.9. The summed E-state index contributed by atoms with van der Waals surface area (Å²) in [5.74, 6) is -0.0284. The number of benzene rings is 1. The lowest BCUT2D eigenvalue weighted by atomic mass is 10.2. The van der Waals surface area contributed by atoms with Crippen LogP contribution in [0.5, 0.6) is 0 Å². The van der Waals surface area contributed by atoms with E-state index in [1.165, 1.54) is 0 Å². The van der Waals surface area contributed by atoms with E-state index in [-0.39, 0.29) is 5.91 Å². The van der Waals surface area contributed by atoms with Gasteiger partial charge in [-0.25, -0.2) is 0 Å².